The van der Waals surface area contributed by atoms with Crippen molar-refractivity contribution in [3.63, 3.8) is 0 Å². The summed E-state index contributed by atoms with van der Waals surface area (Å²) in [7, 11) is 0. The number of fused-ring (bicyclic) bond motifs is 1. The first-order chi connectivity index (χ1) is 9.79. The van der Waals surface area contributed by atoms with Gasteiger partial charge in [0.2, 0.25) is 0 Å². The number of furan rings is 1. The summed E-state index contributed by atoms with van der Waals surface area (Å²) in [4.78, 5) is 11.5. The van der Waals surface area contributed by atoms with E-state index in [2.05, 4.69) is 15.6 Å². The van der Waals surface area contributed by atoms with Crippen LogP contribution in [0.3, 0.4) is 0 Å². The number of nitrogens with zero attached hydrogens (tertiary/aromatic N) is 3. The molecule has 7 nitrogen and oxygen atoms in total. The number of amides is 1. The number of carbonyl (C=O) groups excluding carboxylic acids is 1. The molecule has 0 saturated heterocycles. The third kappa shape index (κ3) is 2.26. The molecular weight excluding hydrogens is 278 g/mol. The highest BCUT2D eigenvalue weighted by molar-refractivity contribution is 7.98. The summed E-state index contributed by atoms with van der Waals surface area (Å²) >= 11 is 1.46. The molecule has 0 aliphatic heterocycles. The van der Waals surface area contributed by atoms with Gasteiger partial charge in [-0.05, 0) is 18.2 Å². The molecule has 0 unspecified atom stereocenters. The Bertz CT molecular complexity index is 751. The fraction of sp³-hybridized carbons (Fsp3) is 0.0833. The van der Waals surface area contributed by atoms with Crippen molar-refractivity contribution >= 4 is 23.3 Å². The number of carbonyl (C=O) groups is 1. The number of nitrogens with one attached hydrogen (secondary N) is 1. The van der Waals surface area contributed by atoms with Crippen molar-refractivity contribution in [2.24, 2.45) is 5.84 Å². The lowest BCUT2D eigenvalue weighted by atomic mass is 10.3. The van der Waals surface area contributed by atoms with E-state index in [0.717, 1.165) is 16.4 Å². The first-order valence-electron chi connectivity index (χ1n) is 5.79. The van der Waals surface area contributed by atoms with Crippen LogP contribution >= 0.6 is 11.8 Å². The Morgan fingerprint density at radius 1 is 1.40 bits per heavy atom. The molecule has 0 atom stereocenters. The minimum absolute atomic E-state index is 0.217. The molecule has 3 heterocycles. The maximum atomic E-state index is 11.5. The van der Waals surface area contributed by atoms with Gasteiger partial charge in [0.25, 0.3) is 0 Å². The molecule has 3 aromatic heterocycles. The first-order valence-corrected chi connectivity index (χ1v) is 6.78. The largest absolute Gasteiger partial charge is 0.459 e. The van der Waals surface area contributed by atoms with Crippen molar-refractivity contribution < 1.29 is 9.21 Å². The number of hydrogen-bond donors (Lipinski definition) is 2. The molecule has 3 aromatic rings. The van der Waals surface area contributed by atoms with Crippen LogP contribution in [0.2, 0.25) is 0 Å². The monoisotopic (exact) mass is 289 g/mol. The van der Waals surface area contributed by atoms with Crippen molar-refractivity contribution in [2.45, 2.75) is 10.9 Å². The van der Waals surface area contributed by atoms with Crippen molar-refractivity contribution in [1.29, 1.82) is 0 Å². The average molecular weight is 289 g/mol. The number of nitrogens with two attached hydrogens (primary N) is 1. The molecule has 0 spiro atoms. The number of pyridine rings is 1. The SMILES string of the molecule is NNC(=O)c1occc1CSc1nnc2ccccn12. The number of hydrogen-bond acceptors (Lipinski definition) is 6. The molecule has 1 amide bonds. The molecule has 0 fully saturated rings. The molecule has 8 heteroatoms. The van der Waals surface area contributed by atoms with E-state index in [9.17, 15) is 4.79 Å². The third-order valence-electron chi connectivity index (χ3n) is 2.72. The van der Waals surface area contributed by atoms with E-state index in [1.807, 2.05) is 28.8 Å². The topological polar surface area (TPSA) is 98.4 Å². The van der Waals surface area contributed by atoms with Crippen LogP contribution in [0.15, 0.2) is 46.3 Å². The second-order valence-corrected chi connectivity index (χ2v) is 4.89. The van der Waals surface area contributed by atoms with Gasteiger partial charge in [-0.15, -0.1) is 10.2 Å². The Hall–Kier alpha value is -2.32. The third-order valence-corrected chi connectivity index (χ3v) is 3.72. The highest BCUT2D eigenvalue weighted by Gasteiger charge is 2.15. The quantitative estimate of drug-likeness (QED) is 0.324. The van der Waals surface area contributed by atoms with Gasteiger partial charge < -0.3 is 4.42 Å². The van der Waals surface area contributed by atoms with Crippen molar-refractivity contribution in [2.75, 3.05) is 0 Å². The molecular formula is C12H11N5O2S. The fourth-order valence-corrected chi connectivity index (χ4v) is 2.68. The lowest BCUT2D eigenvalue weighted by Gasteiger charge is -2.01. The Kier molecular flexibility index (Phi) is 3.40. The number of hydrazine groups is 1. The van der Waals surface area contributed by atoms with Crippen molar-refractivity contribution in [3.8, 4) is 0 Å². The van der Waals surface area contributed by atoms with E-state index in [-0.39, 0.29) is 5.76 Å². The zero-order valence-corrected chi connectivity index (χ0v) is 11.1. The van der Waals surface area contributed by atoms with Gasteiger partial charge >= 0.3 is 5.91 Å². The van der Waals surface area contributed by atoms with Crippen LogP contribution < -0.4 is 11.3 Å². The second kappa shape index (κ2) is 5.35. The number of nitrogen functional groups attached to an aromatic ring is 1. The van der Waals surface area contributed by atoms with Crippen LogP contribution in [0, 0.1) is 0 Å². The van der Waals surface area contributed by atoms with Crippen LogP contribution in [0.1, 0.15) is 16.1 Å². The summed E-state index contributed by atoms with van der Waals surface area (Å²) in [5.41, 5.74) is 3.59. The Balaban J connectivity index is 1.80. The van der Waals surface area contributed by atoms with Gasteiger partial charge in [0, 0.05) is 17.5 Å². The van der Waals surface area contributed by atoms with E-state index in [4.69, 9.17) is 10.3 Å². The van der Waals surface area contributed by atoms with Gasteiger partial charge in [0.05, 0.1) is 6.26 Å². The summed E-state index contributed by atoms with van der Waals surface area (Å²) in [5, 5.41) is 8.92. The van der Waals surface area contributed by atoms with Gasteiger partial charge in [-0.25, -0.2) is 5.84 Å². The predicted molar refractivity (Wildman–Crippen MR) is 72.9 cm³/mol. The van der Waals surface area contributed by atoms with Crippen LogP contribution in [0.5, 0.6) is 0 Å². The van der Waals surface area contributed by atoms with Gasteiger partial charge in [-0.1, -0.05) is 17.8 Å². The lowest BCUT2D eigenvalue weighted by molar-refractivity contribution is 0.0925. The molecule has 0 radical (unpaired) electrons. The Morgan fingerprint density at radius 3 is 3.15 bits per heavy atom. The van der Waals surface area contributed by atoms with Gasteiger partial charge in [-0.3, -0.25) is 14.6 Å². The van der Waals surface area contributed by atoms with Gasteiger partial charge in [0.1, 0.15) is 0 Å². The Labute approximate surface area is 118 Å². The van der Waals surface area contributed by atoms with Gasteiger partial charge in [0.15, 0.2) is 16.6 Å². The molecule has 0 aliphatic carbocycles. The standard InChI is InChI=1S/C12H11N5O2S/c13-14-11(18)10-8(4-6-19-10)7-20-12-16-15-9-3-1-2-5-17(9)12/h1-6H,7,13H2,(H,14,18). The highest BCUT2D eigenvalue weighted by atomic mass is 32.2. The molecule has 0 aliphatic rings. The summed E-state index contributed by atoms with van der Waals surface area (Å²) in [5.74, 6) is 5.41. The summed E-state index contributed by atoms with van der Waals surface area (Å²) in [6, 6.07) is 7.42. The van der Waals surface area contributed by atoms with E-state index in [1.54, 1.807) is 6.07 Å². The first kappa shape index (κ1) is 12.7. The smallest absolute Gasteiger partial charge is 0.301 e. The molecule has 20 heavy (non-hydrogen) atoms. The number of rotatable bonds is 4. The van der Waals surface area contributed by atoms with Crippen LogP contribution in [0.25, 0.3) is 5.65 Å². The van der Waals surface area contributed by atoms with Crippen LogP contribution in [0.4, 0.5) is 0 Å². The molecule has 0 aromatic carbocycles. The van der Waals surface area contributed by atoms with Crippen LogP contribution in [-0.2, 0) is 5.75 Å². The van der Waals surface area contributed by atoms with Crippen molar-refractivity contribution in [1.82, 2.24) is 20.0 Å². The molecule has 3 rings (SSSR count). The van der Waals surface area contributed by atoms with Gasteiger partial charge in [-0.2, -0.15) is 0 Å². The van der Waals surface area contributed by atoms with E-state index in [0.29, 0.717) is 5.75 Å². The molecule has 0 saturated carbocycles. The van der Waals surface area contributed by atoms with E-state index in [1.165, 1.54) is 18.0 Å². The maximum Gasteiger partial charge on any atom is 0.301 e. The van der Waals surface area contributed by atoms with E-state index < -0.39 is 5.91 Å². The predicted octanol–water partition coefficient (Wildman–Crippen LogP) is 1.22. The number of thioether (sulfide) groups is 1. The molecule has 3 N–H and O–H groups in total. The molecule has 102 valence electrons. The normalized spacial score (nSPS) is 10.8. The Morgan fingerprint density at radius 2 is 2.30 bits per heavy atom. The zero-order valence-electron chi connectivity index (χ0n) is 10.3. The summed E-state index contributed by atoms with van der Waals surface area (Å²) < 4.78 is 7.01. The lowest BCUT2D eigenvalue weighted by Crippen LogP contribution is -2.30. The van der Waals surface area contributed by atoms with Crippen LogP contribution in [-0.4, -0.2) is 20.5 Å². The minimum atomic E-state index is -0.447. The summed E-state index contributed by atoms with van der Waals surface area (Å²) in [6.45, 7) is 0. The van der Waals surface area contributed by atoms with Crippen molar-refractivity contribution in [3.05, 3.63) is 48.0 Å². The highest BCUT2D eigenvalue weighted by Crippen LogP contribution is 2.24. The average Bonchev–Trinajstić information content (AvgIpc) is 3.11. The minimum Gasteiger partial charge on any atom is -0.459 e. The second-order valence-electron chi connectivity index (χ2n) is 3.95. The maximum absolute atomic E-state index is 11.5. The zero-order chi connectivity index (χ0) is 13.9. The summed E-state index contributed by atoms with van der Waals surface area (Å²) in [6.07, 6.45) is 3.35. The molecule has 0 bridgehead atoms. The van der Waals surface area contributed by atoms with E-state index >= 15 is 0 Å². The number of aromatic nitrogens is 3. The fourth-order valence-electron chi connectivity index (χ4n) is 1.77.